The maximum Gasteiger partial charge on any atom is 0.154 e. The van der Waals surface area contributed by atoms with Gasteiger partial charge in [0, 0.05) is 0 Å². The molecule has 0 aliphatic heterocycles. The monoisotopic (exact) mass is 263 g/mol. The standard InChI is InChI=1S/C16H13N3O/c20-19(16-8-2-1-3-9-16)18-17-15-11-10-13-6-4-5-7-14(13)12-15/h1-12,17H/b19-18-. The fraction of sp³-hybridized carbons (Fsp3) is 0. The Labute approximate surface area is 116 Å². The molecule has 0 saturated heterocycles. The molecule has 0 atom stereocenters. The summed E-state index contributed by atoms with van der Waals surface area (Å²) in [4.78, 5) is 0.565. The summed E-state index contributed by atoms with van der Waals surface area (Å²) in [5.74, 6) is 0. The van der Waals surface area contributed by atoms with E-state index >= 15 is 0 Å². The van der Waals surface area contributed by atoms with Crippen molar-refractivity contribution in [3.8, 4) is 0 Å². The largest absolute Gasteiger partial charge is 0.691 e. The van der Waals surface area contributed by atoms with Crippen molar-refractivity contribution in [3.63, 3.8) is 0 Å². The highest BCUT2D eigenvalue weighted by Gasteiger charge is 2.00. The molecule has 0 saturated carbocycles. The van der Waals surface area contributed by atoms with Gasteiger partial charge in [0.1, 0.15) is 5.69 Å². The minimum Gasteiger partial charge on any atom is -0.691 e. The average molecular weight is 263 g/mol. The molecule has 3 rings (SSSR count). The highest BCUT2D eigenvalue weighted by Crippen LogP contribution is 2.19. The third kappa shape index (κ3) is 2.59. The van der Waals surface area contributed by atoms with Crippen LogP contribution in [0.15, 0.2) is 78.0 Å². The summed E-state index contributed by atoms with van der Waals surface area (Å²) in [5.41, 5.74) is 4.04. The molecule has 0 amide bonds. The van der Waals surface area contributed by atoms with Crippen molar-refractivity contribution in [2.24, 2.45) is 5.22 Å². The highest BCUT2D eigenvalue weighted by atomic mass is 16.5. The molecule has 0 spiro atoms. The Morgan fingerprint density at radius 1 is 0.800 bits per heavy atom. The molecule has 0 unspecified atom stereocenters. The SMILES string of the molecule is [O-]/[N+](=N\Nc1ccc2ccccc2c1)c1ccccc1. The second kappa shape index (κ2) is 5.40. The van der Waals surface area contributed by atoms with Crippen molar-refractivity contribution in [1.82, 2.24) is 0 Å². The number of nitrogens with zero attached hydrogens (tertiary/aromatic N) is 2. The van der Waals surface area contributed by atoms with E-state index in [4.69, 9.17) is 0 Å². The molecular weight excluding hydrogens is 250 g/mol. The Kier molecular flexibility index (Phi) is 3.29. The van der Waals surface area contributed by atoms with Gasteiger partial charge in [-0.3, -0.25) is 0 Å². The summed E-state index contributed by atoms with van der Waals surface area (Å²) in [6.45, 7) is 0. The second-order valence-corrected chi connectivity index (χ2v) is 4.38. The molecule has 4 nitrogen and oxygen atoms in total. The molecule has 0 aromatic heterocycles. The van der Waals surface area contributed by atoms with Gasteiger partial charge in [-0.2, -0.15) is 0 Å². The Bertz CT molecular complexity index is 754. The van der Waals surface area contributed by atoms with E-state index in [0.29, 0.717) is 10.5 Å². The smallest absolute Gasteiger partial charge is 0.154 e. The van der Waals surface area contributed by atoms with E-state index in [2.05, 4.69) is 10.6 Å². The van der Waals surface area contributed by atoms with E-state index in [1.54, 1.807) is 24.3 Å². The van der Waals surface area contributed by atoms with Crippen LogP contribution in [0.3, 0.4) is 0 Å². The van der Waals surface area contributed by atoms with Gasteiger partial charge in [0.05, 0.1) is 5.22 Å². The van der Waals surface area contributed by atoms with Crippen LogP contribution in [0, 0.1) is 5.21 Å². The lowest BCUT2D eigenvalue weighted by Gasteiger charge is -2.05. The minimum absolute atomic E-state index is 0.487. The van der Waals surface area contributed by atoms with E-state index in [0.717, 1.165) is 16.5 Å². The maximum atomic E-state index is 11.8. The van der Waals surface area contributed by atoms with E-state index in [1.165, 1.54) is 0 Å². The van der Waals surface area contributed by atoms with Gasteiger partial charge in [-0.25, -0.2) is 0 Å². The van der Waals surface area contributed by atoms with Crippen LogP contribution in [-0.2, 0) is 0 Å². The van der Waals surface area contributed by atoms with Gasteiger partial charge in [0.25, 0.3) is 0 Å². The first-order valence-corrected chi connectivity index (χ1v) is 6.31. The van der Waals surface area contributed by atoms with Crippen LogP contribution >= 0.6 is 0 Å². The van der Waals surface area contributed by atoms with Crippen molar-refractivity contribution in [1.29, 1.82) is 0 Å². The molecule has 0 aliphatic rings. The van der Waals surface area contributed by atoms with Crippen LogP contribution in [0.5, 0.6) is 0 Å². The molecule has 98 valence electrons. The molecule has 3 aromatic carbocycles. The average Bonchev–Trinajstić information content (AvgIpc) is 2.53. The molecule has 0 heterocycles. The number of fused-ring (bicyclic) bond motifs is 1. The number of hydrogen-bond acceptors (Lipinski definition) is 2. The van der Waals surface area contributed by atoms with Gasteiger partial charge in [-0.1, -0.05) is 48.5 Å². The molecule has 0 fully saturated rings. The van der Waals surface area contributed by atoms with Crippen LogP contribution in [0.25, 0.3) is 10.8 Å². The van der Waals surface area contributed by atoms with Crippen LogP contribution in [-0.4, -0.2) is 4.86 Å². The molecule has 20 heavy (non-hydrogen) atoms. The third-order valence-electron chi connectivity index (χ3n) is 3.00. The van der Waals surface area contributed by atoms with Gasteiger partial charge in [-0.15, -0.1) is 10.3 Å². The highest BCUT2D eigenvalue weighted by molar-refractivity contribution is 5.85. The molecule has 4 heteroatoms. The molecule has 3 aromatic rings. The second-order valence-electron chi connectivity index (χ2n) is 4.38. The summed E-state index contributed by atoms with van der Waals surface area (Å²) in [7, 11) is 0. The molecular formula is C16H13N3O. The predicted molar refractivity (Wildman–Crippen MR) is 79.7 cm³/mol. The van der Waals surface area contributed by atoms with Crippen LogP contribution in [0.1, 0.15) is 0 Å². The van der Waals surface area contributed by atoms with E-state index in [-0.39, 0.29) is 0 Å². The van der Waals surface area contributed by atoms with Crippen molar-refractivity contribution >= 4 is 22.1 Å². The number of para-hydroxylation sites is 1. The van der Waals surface area contributed by atoms with Crippen LogP contribution < -0.4 is 5.43 Å². The van der Waals surface area contributed by atoms with Crippen molar-refractivity contribution < 1.29 is 4.86 Å². The number of nitrogens with one attached hydrogen (secondary N) is 1. The quantitative estimate of drug-likeness (QED) is 0.431. The maximum absolute atomic E-state index is 11.8. The third-order valence-corrected chi connectivity index (χ3v) is 3.00. The van der Waals surface area contributed by atoms with Gasteiger partial charge < -0.3 is 5.21 Å². The number of anilines is 1. The topological polar surface area (TPSA) is 50.5 Å². The molecule has 0 bridgehead atoms. The van der Waals surface area contributed by atoms with Crippen LogP contribution in [0.2, 0.25) is 0 Å². The van der Waals surface area contributed by atoms with Crippen LogP contribution in [0.4, 0.5) is 11.4 Å². The normalized spacial score (nSPS) is 11.5. The zero-order valence-electron chi connectivity index (χ0n) is 10.7. The Morgan fingerprint density at radius 2 is 1.50 bits per heavy atom. The summed E-state index contributed by atoms with van der Waals surface area (Å²) in [6.07, 6.45) is 0. The lowest BCUT2D eigenvalue weighted by atomic mass is 10.1. The van der Waals surface area contributed by atoms with Crippen molar-refractivity contribution in [2.45, 2.75) is 0 Å². The van der Waals surface area contributed by atoms with Crippen molar-refractivity contribution in [3.05, 3.63) is 78.0 Å². The summed E-state index contributed by atoms with van der Waals surface area (Å²) in [5, 5.41) is 17.8. The summed E-state index contributed by atoms with van der Waals surface area (Å²) < 4.78 is 0. The van der Waals surface area contributed by atoms with Gasteiger partial charge in [-0.05, 0) is 35.0 Å². The summed E-state index contributed by atoms with van der Waals surface area (Å²) >= 11 is 0. The number of hydrogen-bond donors (Lipinski definition) is 1. The summed E-state index contributed by atoms with van der Waals surface area (Å²) in [6, 6.07) is 22.7. The first-order chi connectivity index (χ1) is 9.83. The molecule has 1 N–H and O–H groups in total. The molecule has 0 aliphatic carbocycles. The lowest BCUT2D eigenvalue weighted by Crippen LogP contribution is -1.97. The lowest BCUT2D eigenvalue weighted by molar-refractivity contribution is -0.439. The zero-order valence-corrected chi connectivity index (χ0v) is 10.7. The molecule has 0 radical (unpaired) electrons. The van der Waals surface area contributed by atoms with Gasteiger partial charge in [0.2, 0.25) is 0 Å². The minimum atomic E-state index is 0.487. The first kappa shape index (κ1) is 12.2. The van der Waals surface area contributed by atoms with E-state index < -0.39 is 0 Å². The Morgan fingerprint density at radius 3 is 2.30 bits per heavy atom. The Balaban J connectivity index is 1.83. The van der Waals surface area contributed by atoms with Crippen molar-refractivity contribution in [2.75, 3.05) is 5.43 Å². The Hall–Kier alpha value is -2.88. The first-order valence-electron chi connectivity index (χ1n) is 6.31. The van der Waals surface area contributed by atoms with Gasteiger partial charge >= 0.3 is 0 Å². The van der Waals surface area contributed by atoms with E-state index in [1.807, 2.05) is 48.5 Å². The number of benzene rings is 3. The zero-order chi connectivity index (χ0) is 13.8. The fourth-order valence-corrected chi connectivity index (χ4v) is 1.98. The predicted octanol–water partition coefficient (Wildman–Crippen LogP) is 4.46. The van der Waals surface area contributed by atoms with Gasteiger partial charge in [0.15, 0.2) is 5.69 Å². The fourth-order valence-electron chi connectivity index (χ4n) is 1.98. The number of rotatable bonds is 3. The van der Waals surface area contributed by atoms with E-state index in [9.17, 15) is 5.21 Å².